The first kappa shape index (κ1) is 17.2. The minimum atomic E-state index is 0.365. The quantitative estimate of drug-likeness (QED) is 0.780. The summed E-state index contributed by atoms with van der Waals surface area (Å²) in [5.74, 6) is 0. The molecular weight excluding hydrogens is 298 g/mol. The Balaban J connectivity index is 1.46. The van der Waals surface area contributed by atoms with Crippen molar-refractivity contribution in [1.29, 1.82) is 0 Å². The molecule has 1 aliphatic rings. The fourth-order valence-corrected chi connectivity index (χ4v) is 3.48. The lowest BCUT2D eigenvalue weighted by atomic mass is 10.0. The molecule has 2 heterocycles. The van der Waals surface area contributed by atoms with Gasteiger partial charge in [-0.15, -0.1) is 0 Å². The third kappa shape index (κ3) is 4.46. The summed E-state index contributed by atoms with van der Waals surface area (Å²) in [6.45, 7) is 9.14. The molecule has 1 atom stereocenters. The van der Waals surface area contributed by atoms with Gasteiger partial charge in [-0.25, -0.2) is 0 Å². The van der Waals surface area contributed by atoms with Gasteiger partial charge in [-0.3, -0.25) is 9.58 Å². The van der Waals surface area contributed by atoms with Crippen molar-refractivity contribution in [3.05, 3.63) is 53.3 Å². The molecule has 1 aromatic carbocycles. The van der Waals surface area contributed by atoms with Crippen molar-refractivity contribution in [2.75, 3.05) is 19.7 Å². The normalized spacial score (nSPS) is 18.8. The topological polar surface area (TPSA) is 30.3 Å². The Hall–Kier alpha value is -1.65. The number of aromatic nitrogens is 2. The molecule has 4 heteroatoms. The fraction of sp³-hybridized carbons (Fsp3) is 0.550. The lowest BCUT2D eigenvalue weighted by Gasteiger charge is -2.33. The van der Waals surface area contributed by atoms with E-state index in [1.165, 1.54) is 23.2 Å². The number of aryl methyl sites for hydroxylation is 2. The highest BCUT2D eigenvalue weighted by atomic mass is 16.5. The van der Waals surface area contributed by atoms with Gasteiger partial charge in [0, 0.05) is 37.4 Å². The molecule has 1 aromatic heterocycles. The second kappa shape index (κ2) is 8.45. The van der Waals surface area contributed by atoms with Crippen LogP contribution in [0.25, 0.3) is 0 Å². The van der Waals surface area contributed by atoms with Crippen molar-refractivity contribution in [2.45, 2.75) is 52.3 Å². The third-order valence-electron chi connectivity index (χ3n) is 4.96. The fourth-order valence-electron chi connectivity index (χ4n) is 3.48. The lowest BCUT2D eigenvalue weighted by Crippen LogP contribution is -2.42. The molecule has 3 rings (SSSR count). The van der Waals surface area contributed by atoms with Gasteiger partial charge in [-0.1, -0.05) is 30.3 Å². The molecule has 0 spiro atoms. The van der Waals surface area contributed by atoms with E-state index >= 15 is 0 Å². The zero-order valence-electron chi connectivity index (χ0n) is 14.9. The minimum absolute atomic E-state index is 0.365. The van der Waals surface area contributed by atoms with Gasteiger partial charge < -0.3 is 4.74 Å². The number of benzene rings is 1. The average Bonchev–Trinajstić information content (AvgIpc) is 2.96. The van der Waals surface area contributed by atoms with Crippen molar-refractivity contribution >= 4 is 0 Å². The molecule has 4 nitrogen and oxygen atoms in total. The first-order valence-corrected chi connectivity index (χ1v) is 9.15. The van der Waals surface area contributed by atoms with Crippen LogP contribution < -0.4 is 0 Å². The Labute approximate surface area is 145 Å². The molecule has 0 radical (unpaired) electrons. The van der Waals surface area contributed by atoms with Gasteiger partial charge in [0.25, 0.3) is 0 Å². The van der Waals surface area contributed by atoms with Crippen LogP contribution in [0.5, 0.6) is 0 Å². The zero-order chi connectivity index (χ0) is 16.8. The molecular formula is C20H29N3O. The van der Waals surface area contributed by atoms with E-state index in [0.717, 1.165) is 45.6 Å². The van der Waals surface area contributed by atoms with E-state index in [4.69, 9.17) is 4.74 Å². The number of morpholine rings is 1. The third-order valence-corrected chi connectivity index (χ3v) is 4.96. The van der Waals surface area contributed by atoms with E-state index in [1.807, 2.05) is 6.20 Å². The van der Waals surface area contributed by atoms with E-state index in [2.05, 4.69) is 58.9 Å². The summed E-state index contributed by atoms with van der Waals surface area (Å²) in [6, 6.07) is 10.7. The van der Waals surface area contributed by atoms with Crippen molar-refractivity contribution in [1.82, 2.24) is 14.7 Å². The summed E-state index contributed by atoms with van der Waals surface area (Å²) < 4.78 is 8.05. The van der Waals surface area contributed by atoms with Crippen LogP contribution in [0.2, 0.25) is 0 Å². The van der Waals surface area contributed by atoms with Crippen LogP contribution in [0, 0.1) is 6.92 Å². The summed E-state index contributed by atoms with van der Waals surface area (Å²) >= 11 is 0. The molecule has 0 N–H and O–H groups in total. The molecule has 0 amide bonds. The van der Waals surface area contributed by atoms with Gasteiger partial charge >= 0.3 is 0 Å². The van der Waals surface area contributed by atoms with Gasteiger partial charge in [0.05, 0.1) is 18.9 Å². The van der Waals surface area contributed by atoms with Crippen LogP contribution in [-0.2, 0) is 24.2 Å². The maximum Gasteiger partial charge on any atom is 0.0702 e. The predicted octanol–water partition coefficient (Wildman–Crippen LogP) is 3.44. The minimum Gasteiger partial charge on any atom is -0.376 e. The molecule has 1 saturated heterocycles. The SMILES string of the molecule is CCn1ncc(CN2CCO[C@@H](CCCc3ccccc3)C2)c1C. The van der Waals surface area contributed by atoms with Crippen LogP contribution in [0.3, 0.4) is 0 Å². The highest BCUT2D eigenvalue weighted by Gasteiger charge is 2.21. The number of ether oxygens (including phenoxy) is 1. The van der Waals surface area contributed by atoms with E-state index < -0.39 is 0 Å². The summed E-state index contributed by atoms with van der Waals surface area (Å²) in [7, 11) is 0. The largest absolute Gasteiger partial charge is 0.376 e. The smallest absolute Gasteiger partial charge is 0.0702 e. The van der Waals surface area contributed by atoms with Gasteiger partial charge in [-0.05, 0) is 38.7 Å². The first-order valence-electron chi connectivity index (χ1n) is 9.15. The highest BCUT2D eigenvalue weighted by Crippen LogP contribution is 2.17. The summed E-state index contributed by atoms with van der Waals surface area (Å²) in [6.07, 6.45) is 5.86. The van der Waals surface area contributed by atoms with Crippen molar-refractivity contribution < 1.29 is 4.74 Å². The highest BCUT2D eigenvalue weighted by molar-refractivity contribution is 5.16. The Kier molecular flexibility index (Phi) is 6.05. The second-order valence-corrected chi connectivity index (χ2v) is 6.68. The zero-order valence-corrected chi connectivity index (χ0v) is 14.9. The van der Waals surface area contributed by atoms with Crippen LogP contribution in [0.4, 0.5) is 0 Å². The lowest BCUT2D eigenvalue weighted by molar-refractivity contribution is -0.0355. The Morgan fingerprint density at radius 1 is 1.25 bits per heavy atom. The molecule has 2 aromatic rings. The molecule has 0 saturated carbocycles. The second-order valence-electron chi connectivity index (χ2n) is 6.68. The van der Waals surface area contributed by atoms with Gasteiger partial charge in [0.2, 0.25) is 0 Å². The molecule has 1 aliphatic heterocycles. The molecule has 24 heavy (non-hydrogen) atoms. The van der Waals surface area contributed by atoms with Crippen LogP contribution in [-0.4, -0.2) is 40.5 Å². The number of hydrogen-bond acceptors (Lipinski definition) is 3. The summed E-state index contributed by atoms with van der Waals surface area (Å²) in [5, 5.41) is 4.46. The van der Waals surface area contributed by atoms with Gasteiger partial charge in [0.15, 0.2) is 0 Å². The molecule has 0 aliphatic carbocycles. The summed E-state index contributed by atoms with van der Waals surface area (Å²) in [4.78, 5) is 2.51. The number of hydrogen-bond donors (Lipinski definition) is 0. The Morgan fingerprint density at radius 2 is 2.08 bits per heavy atom. The van der Waals surface area contributed by atoms with E-state index in [0.29, 0.717) is 6.10 Å². The predicted molar refractivity (Wildman–Crippen MR) is 97.0 cm³/mol. The monoisotopic (exact) mass is 327 g/mol. The van der Waals surface area contributed by atoms with E-state index in [9.17, 15) is 0 Å². The van der Waals surface area contributed by atoms with Gasteiger partial charge in [0.1, 0.15) is 0 Å². The van der Waals surface area contributed by atoms with Gasteiger partial charge in [-0.2, -0.15) is 5.10 Å². The standard InChI is InChI=1S/C20H29N3O/c1-3-23-17(2)19(14-21-23)15-22-12-13-24-20(16-22)11-7-10-18-8-5-4-6-9-18/h4-6,8-9,14,20H,3,7,10-13,15-16H2,1-2H3/t20-/m0/s1. The van der Waals surface area contributed by atoms with Crippen LogP contribution in [0.15, 0.2) is 36.5 Å². The molecule has 0 unspecified atom stereocenters. The number of rotatable bonds is 7. The summed E-state index contributed by atoms with van der Waals surface area (Å²) in [5.41, 5.74) is 4.07. The van der Waals surface area contributed by atoms with E-state index in [-0.39, 0.29) is 0 Å². The average molecular weight is 327 g/mol. The Bertz CT molecular complexity index is 623. The van der Waals surface area contributed by atoms with Crippen molar-refractivity contribution in [3.8, 4) is 0 Å². The van der Waals surface area contributed by atoms with Crippen LogP contribution in [0.1, 0.15) is 36.6 Å². The van der Waals surface area contributed by atoms with Crippen LogP contribution >= 0.6 is 0 Å². The number of nitrogens with zero attached hydrogens (tertiary/aromatic N) is 3. The van der Waals surface area contributed by atoms with Crippen molar-refractivity contribution in [3.63, 3.8) is 0 Å². The van der Waals surface area contributed by atoms with Crippen molar-refractivity contribution in [2.24, 2.45) is 0 Å². The Morgan fingerprint density at radius 3 is 2.83 bits per heavy atom. The maximum absolute atomic E-state index is 5.98. The maximum atomic E-state index is 5.98. The van der Waals surface area contributed by atoms with E-state index in [1.54, 1.807) is 0 Å². The first-order chi connectivity index (χ1) is 11.8. The molecule has 1 fully saturated rings. The molecule has 130 valence electrons. The molecule has 0 bridgehead atoms.